The topological polar surface area (TPSA) is 76.0 Å². The predicted octanol–water partition coefficient (Wildman–Crippen LogP) is 1.78. The molecule has 0 atom stereocenters. The van der Waals surface area contributed by atoms with E-state index in [0.29, 0.717) is 0 Å². The van der Waals surface area contributed by atoms with E-state index in [2.05, 4.69) is 3.77 Å². The molecule has 0 saturated heterocycles. The molecule has 0 saturated carbocycles. The Morgan fingerprint density at radius 1 is 1.29 bits per heavy atom. The second-order valence-electron chi connectivity index (χ2n) is 4.43. The molecule has 1 aliphatic heterocycles. The van der Waals surface area contributed by atoms with Gasteiger partial charge in [-0.05, 0) is 12.1 Å². The molecule has 0 aliphatic carbocycles. The minimum absolute atomic E-state index is 0.00519. The average molecular weight is 336 g/mol. The van der Waals surface area contributed by atoms with Gasteiger partial charge in [-0.25, -0.2) is 12.9 Å². The first-order valence-corrected chi connectivity index (χ1v) is 9.75. The first-order valence-electron chi connectivity index (χ1n) is 6.50. The number of benzene rings is 1. The van der Waals surface area contributed by atoms with Crippen molar-refractivity contribution in [3.05, 3.63) is 24.0 Å². The van der Waals surface area contributed by atoms with Gasteiger partial charge in [0.2, 0.25) is 0 Å². The maximum Gasteiger partial charge on any atom is 0.352 e. The summed E-state index contributed by atoms with van der Waals surface area (Å²) in [5.41, 5.74) is 0.0824. The van der Waals surface area contributed by atoms with Crippen LogP contribution in [-0.4, -0.2) is 37.3 Å². The van der Waals surface area contributed by atoms with Crippen LogP contribution in [-0.2, 0) is 19.9 Å². The number of fused-ring (bicyclic) bond motifs is 1. The lowest BCUT2D eigenvalue weighted by molar-refractivity contribution is 0.315. The van der Waals surface area contributed by atoms with E-state index in [1.807, 2.05) is 0 Å². The first kappa shape index (κ1) is 16.0. The Morgan fingerprint density at radius 3 is 2.57 bits per heavy atom. The van der Waals surface area contributed by atoms with Crippen molar-refractivity contribution < 1.29 is 21.8 Å². The third-order valence-electron chi connectivity index (χ3n) is 3.15. The Kier molecular flexibility index (Phi) is 4.43. The summed E-state index contributed by atoms with van der Waals surface area (Å²) in [6.45, 7) is 3.38. The zero-order chi connectivity index (χ0) is 15.7. The van der Waals surface area contributed by atoms with Gasteiger partial charge in [0.15, 0.2) is 0 Å². The predicted molar refractivity (Wildman–Crippen MR) is 79.8 cm³/mol. The fraction of sp³-hybridized carbons (Fsp3) is 0.500. The molecule has 0 N–H and O–H groups in total. The van der Waals surface area contributed by atoms with Gasteiger partial charge < -0.3 is 4.74 Å². The molecule has 21 heavy (non-hydrogen) atoms. The summed E-state index contributed by atoms with van der Waals surface area (Å²) < 4.78 is 60.3. The quantitative estimate of drug-likeness (QED) is 0.840. The smallest absolute Gasteiger partial charge is 0.352 e. The van der Waals surface area contributed by atoms with Gasteiger partial charge in [-0.15, -0.1) is 0 Å². The van der Waals surface area contributed by atoms with E-state index in [9.17, 15) is 17.0 Å². The molecule has 1 aromatic rings. The molecule has 0 unspecified atom stereocenters. The third-order valence-corrected chi connectivity index (χ3v) is 7.73. The Bertz CT molecular complexity index is 745. The van der Waals surface area contributed by atoms with Gasteiger partial charge in [-0.1, -0.05) is 17.6 Å². The summed E-state index contributed by atoms with van der Waals surface area (Å²) in [5, 5.41) is 0. The fourth-order valence-electron chi connectivity index (χ4n) is 1.93. The van der Waals surface area contributed by atoms with E-state index >= 15 is 0 Å². The average Bonchev–Trinajstić information content (AvgIpc) is 2.45. The molecule has 0 spiro atoms. The van der Waals surface area contributed by atoms with Crippen LogP contribution < -0.4 is 9.04 Å². The zero-order valence-electron chi connectivity index (χ0n) is 11.8. The Balaban J connectivity index is 2.54. The lowest BCUT2D eigenvalue weighted by Crippen LogP contribution is -2.37. The second kappa shape index (κ2) is 5.80. The number of anilines is 1. The van der Waals surface area contributed by atoms with Crippen LogP contribution in [0, 0.1) is 5.82 Å². The lowest BCUT2D eigenvalue weighted by Gasteiger charge is -2.28. The van der Waals surface area contributed by atoms with Crippen molar-refractivity contribution in [2.24, 2.45) is 3.77 Å². The van der Waals surface area contributed by atoms with E-state index in [4.69, 9.17) is 4.74 Å². The zero-order valence-corrected chi connectivity index (χ0v) is 13.4. The minimum atomic E-state index is -4.16. The van der Waals surface area contributed by atoms with Crippen LogP contribution in [0.2, 0.25) is 0 Å². The van der Waals surface area contributed by atoms with Gasteiger partial charge in [0, 0.05) is 17.6 Å². The standard InChI is InChI=1S/C12H17FN2O4S2/c1-3-20(16,4-2)14-21(17,18)15-7-8-19-12-6-5-10(13)9-11(12)15/h5-6,9H,3-4,7-8H2,1-2H3. The van der Waals surface area contributed by atoms with Crippen LogP contribution in [0.1, 0.15) is 13.8 Å². The normalized spacial score (nSPS) is 15.3. The highest BCUT2D eigenvalue weighted by Gasteiger charge is 2.30. The van der Waals surface area contributed by atoms with E-state index < -0.39 is 25.8 Å². The summed E-state index contributed by atoms with van der Waals surface area (Å²) in [6, 6.07) is 3.62. The molecule has 9 heteroatoms. The van der Waals surface area contributed by atoms with Crippen molar-refractivity contribution in [2.45, 2.75) is 13.8 Å². The Morgan fingerprint density at radius 2 is 1.95 bits per heavy atom. The molecule has 2 rings (SSSR count). The van der Waals surface area contributed by atoms with E-state index in [-0.39, 0.29) is 36.1 Å². The maximum atomic E-state index is 13.4. The summed E-state index contributed by atoms with van der Waals surface area (Å²) in [6.07, 6.45) is 0. The van der Waals surface area contributed by atoms with Crippen LogP contribution >= 0.6 is 0 Å². The number of rotatable bonds is 4. The number of hydrogen-bond acceptors (Lipinski definition) is 4. The van der Waals surface area contributed by atoms with Crippen molar-refractivity contribution >= 4 is 25.6 Å². The molecule has 0 amide bonds. The second-order valence-corrected chi connectivity index (χ2v) is 9.07. The van der Waals surface area contributed by atoms with Gasteiger partial charge in [-0.3, -0.25) is 0 Å². The number of hydrogen-bond donors (Lipinski definition) is 0. The molecule has 0 fully saturated rings. The van der Waals surface area contributed by atoms with Crippen molar-refractivity contribution in [3.63, 3.8) is 0 Å². The van der Waals surface area contributed by atoms with Crippen LogP contribution in [0.4, 0.5) is 10.1 Å². The Hall–Kier alpha value is -1.35. The van der Waals surface area contributed by atoms with Crippen molar-refractivity contribution in [2.75, 3.05) is 29.0 Å². The number of nitrogens with zero attached hydrogens (tertiary/aromatic N) is 2. The van der Waals surface area contributed by atoms with Crippen LogP contribution in [0.5, 0.6) is 5.75 Å². The highest BCUT2D eigenvalue weighted by molar-refractivity contribution is 8.03. The molecule has 0 aromatic heterocycles. The molecule has 1 aromatic carbocycles. The fourth-order valence-corrected chi connectivity index (χ4v) is 5.57. The maximum absolute atomic E-state index is 13.4. The first-order chi connectivity index (χ1) is 9.81. The summed E-state index contributed by atoms with van der Waals surface area (Å²) in [5.74, 6) is -0.0290. The summed E-state index contributed by atoms with van der Waals surface area (Å²) in [7, 11) is -6.98. The minimum Gasteiger partial charge on any atom is -0.489 e. The van der Waals surface area contributed by atoms with Gasteiger partial charge in [0.05, 0.1) is 22.0 Å². The van der Waals surface area contributed by atoms with Gasteiger partial charge in [-0.2, -0.15) is 8.42 Å². The molecular formula is C12H17FN2O4S2. The molecule has 118 valence electrons. The molecule has 1 aliphatic rings. The van der Waals surface area contributed by atoms with E-state index in [0.717, 1.165) is 10.4 Å². The lowest BCUT2D eigenvalue weighted by atomic mass is 10.2. The van der Waals surface area contributed by atoms with E-state index in [1.165, 1.54) is 12.1 Å². The monoisotopic (exact) mass is 336 g/mol. The number of halogens is 1. The highest BCUT2D eigenvalue weighted by atomic mass is 32.3. The molecule has 6 nitrogen and oxygen atoms in total. The molecule has 0 radical (unpaired) electrons. The number of ether oxygens (including phenoxy) is 1. The molecular weight excluding hydrogens is 319 g/mol. The van der Waals surface area contributed by atoms with Gasteiger partial charge >= 0.3 is 10.2 Å². The molecule has 1 heterocycles. The van der Waals surface area contributed by atoms with Crippen molar-refractivity contribution in [1.29, 1.82) is 0 Å². The van der Waals surface area contributed by atoms with Crippen LogP contribution in [0.25, 0.3) is 0 Å². The largest absolute Gasteiger partial charge is 0.489 e. The van der Waals surface area contributed by atoms with Crippen molar-refractivity contribution in [1.82, 2.24) is 0 Å². The Labute approximate surface area is 124 Å². The van der Waals surface area contributed by atoms with Crippen LogP contribution in [0.3, 0.4) is 0 Å². The van der Waals surface area contributed by atoms with Gasteiger partial charge in [0.1, 0.15) is 18.2 Å². The van der Waals surface area contributed by atoms with Gasteiger partial charge in [0.25, 0.3) is 0 Å². The van der Waals surface area contributed by atoms with Crippen molar-refractivity contribution in [3.8, 4) is 5.75 Å². The van der Waals surface area contributed by atoms with E-state index in [1.54, 1.807) is 13.8 Å². The third kappa shape index (κ3) is 3.29. The summed E-state index contributed by atoms with van der Waals surface area (Å²) in [4.78, 5) is 0. The highest BCUT2D eigenvalue weighted by Crippen LogP contribution is 2.34. The van der Waals surface area contributed by atoms with Crippen LogP contribution in [0.15, 0.2) is 22.0 Å². The summed E-state index contributed by atoms with van der Waals surface area (Å²) >= 11 is 0. The SMILES string of the molecule is CCS(=O)(CC)=NS(=O)(=O)N1CCOc2ccc(F)cc21. The molecule has 0 bridgehead atoms.